The van der Waals surface area contributed by atoms with E-state index in [1.54, 1.807) is 13.8 Å². The third kappa shape index (κ3) is 4.97. The maximum atomic E-state index is 14.1. The number of carbonyl (C=O) groups excluding carboxylic acids is 3. The number of para-hydroxylation sites is 1. The molecular weight excluding hydrogens is 654 g/mol. The number of hydrogen-bond acceptors (Lipinski definition) is 11. The Bertz CT molecular complexity index is 1980. The predicted molar refractivity (Wildman–Crippen MR) is 176 cm³/mol. The average molecular weight is 690 g/mol. The Morgan fingerprint density at radius 2 is 1.88 bits per heavy atom. The lowest BCUT2D eigenvalue weighted by molar-refractivity contribution is -0.143. The van der Waals surface area contributed by atoms with Gasteiger partial charge in [0, 0.05) is 17.7 Å². The lowest BCUT2D eigenvalue weighted by atomic mass is 9.72. The summed E-state index contributed by atoms with van der Waals surface area (Å²) in [6.07, 6.45) is -0.231. The first kappa shape index (κ1) is 32.7. The Balaban J connectivity index is 1.49. The number of amides is 2. The van der Waals surface area contributed by atoms with Crippen molar-refractivity contribution in [1.82, 2.24) is 20.6 Å². The second-order valence-electron chi connectivity index (χ2n) is 12.9. The van der Waals surface area contributed by atoms with Gasteiger partial charge in [-0.15, -0.1) is 0 Å². The van der Waals surface area contributed by atoms with Crippen LogP contribution in [-0.4, -0.2) is 57.8 Å². The van der Waals surface area contributed by atoms with Crippen LogP contribution in [0.15, 0.2) is 51.3 Å². The lowest BCUT2D eigenvalue weighted by Gasteiger charge is -2.30. The van der Waals surface area contributed by atoms with E-state index in [1.165, 1.54) is 7.11 Å². The van der Waals surface area contributed by atoms with Crippen LogP contribution in [0.4, 0.5) is 5.69 Å². The number of nitrogens with zero attached hydrogens (tertiary/aromatic N) is 2. The quantitative estimate of drug-likeness (QED) is 0.199. The molecule has 0 saturated carbocycles. The van der Waals surface area contributed by atoms with Gasteiger partial charge in [-0.3, -0.25) is 9.59 Å². The molecule has 49 heavy (non-hydrogen) atoms. The fourth-order valence-corrected chi connectivity index (χ4v) is 7.13. The van der Waals surface area contributed by atoms with Crippen molar-refractivity contribution < 1.29 is 37.8 Å². The largest absolute Gasteiger partial charge is 0.469 e. The number of anilines is 1. The van der Waals surface area contributed by atoms with Crippen molar-refractivity contribution >= 4 is 35.1 Å². The number of halogens is 1. The minimum Gasteiger partial charge on any atom is -0.469 e. The summed E-state index contributed by atoms with van der Waals surface area (Å²) >= 11 is 6.35. The van der Waals surface area contributed by atoms with Gasteiger partial charge in [0.2, 0.25) is 22.7 Å². The SMILES string of the molecule is CCC(O)(CC)C(=O)N[C@H]1Cc2ccc3c(c2)C2(c4ccccc4NC2O3)c2oc(nc2-c2nc(C(=O)OC)c(Cl)o2)[C@H](C(C)C)NC1=O. The fraction of sp³-hybridized carbons (Fsp3) is 0.400. The van der Waals surface area contributed by atoms with Gasteiger partial charge in [-0.1, -0.05) is 58.0 Å². The normalized spacial score (nSPS) is 22.2. The van der Waals surface area contributed by atoms with Crippen LogP contribution >= 0.6 is 11.6 Å². The maximum Gasteiger partial charge on any atom is 0.361 e. The zero-order valence-electron chi connectivity index (χ0n) is 27.5. The van der Waals surface area contributed by atoms with E-state index in [-0.39, 0.29) is 53.6 Å². The minimum atomic E-state index is -1.64. The van der Waals surface area contributed by atoms with E-state index in [4.69, 9.17) is 34.9 Å². The van der Waals surface area contributed by atoms with Crippen LogP contribution in [0.25, 0.3) is 11.6 Å². The predicted octanol–water partition coefficient (Wildman–Crippen LogP) is 4.65. The van der Waals surface area contributed by atoms with Crippen molar-refractivity contribution in [3.8, 4) is 17.3 Å². The molecule has 4 aromatic rings. The number of benzene rings is 2. The van der Waals surface area contributed by atoms with Gasteiger partial charge >= 0.3 is 5.97 Å². The first-order valence-electron chi connectivity index (χ1n) is 16.2. The van der Waals surface area contributed by atoms with Gasteiger partial charge in [0.15, 0.2) is 17.7 Å². The summed E-state index contributed by atoms with van der Waals surface area (Å²) in [6.45, 7) is 7.22. The first-order chi connectivity index (χ1) is 23.4. The van der Waals surface area contributed by atoms with Gasteiger partial charge in [0.05, 0.1) is 7.11 Å². The Morgan fingerprint density at radius 1 is 1.12 bits per heavy atom. The van der Waals surface area contributed by atoms with Gasteiger partial charge in [-0.25, -0.2) is 9.78 Å². The zero-order chi connectivity index (χ0) is 34.8. The molecule has 2 unspecified atom stereocenters. The van der Waals surface area contributed by atoms with Crippen LogP contribution in [0.3, 0.4) is 0 Å². The minimum absolute atomic E-state index is 0.0928. The van der Waals surface area contributed by atoms with E-state index in [1.807, 2.05) is 56.3 Å². The van der Waals surface area contributed by atoms with Crippen LogP contribution in [0.1, 0.15) is 85.4 Å². The summed E-state index contributed by atoms with van der Waals surface area (Å²) in [6, 6.07) is 11.5. The Labute approximate surface area is 286 Å². The van der Waals surface area contributed by atoms with Gasteiger partial charge in [-0.05, 0) is 53.6 Å². The van der Waals surface area contributed by atoms with E-state index in [0.29, 0.717) is 17.1 Å². The average Bonchev–Trinajstić information content (AvgIpc) is 3.85. The first-order valence-corrected chi connectivity index (χ1v) is 16.6. The molecule has 2 aromatic heterocycles. The summed E-state index contributed by atoms with van der Waals surface area (Å²) in [7, 11) is 1.21. The van der Waals surface area contributed by atoms with Gasteiger partial charge in [0.1, 0.15) is 28.8 Å². The van der Waals surface area contributed by atoms with Crippen LogP contribution < -0.4 is 20.7 Å². The monoisotopic (exact) mass is 689 g/mol. The molecule has 4 bridgehead atoms. The van der Waals surface area contributed by atoms with Crippen molar-refractivity contribution in [2.24, 2.45) is 5.92 Å². The highest BCUT2D eigenvalue weighted by molar-refractivity contribution is 6.31. The van der Waals surface area contributed by atoms with Gasteiger partial charge in [0.25, 0.3) is 11.8 Å². The molecule has 0 saturated heterocycles. The third-order valence-electron chi connectivity index (χ3n) is 9.80. The van der Waals surface area contributed by atoms with Crippen LogP contribution in [0.5, 0.6) is 5.75 Å². The highest BCUT2D eigenvalue weighted by Gasteiger charge is 2.61. The summed E-state index contributed by atoms with van der Waals surface area (Å²) in [4.78, 5) is 49.3. The maximum absolute atomic E-state index is 14.1. The number of nitrogens with one attached hydrogen (secondary N) is 3. The third-order valence-corrected chi connectivity index (χ3v) is 10.1. The van der Waals surface area contributed by atoms with Crippen LogP contribution in [0.2, 0.25) is 5.22 Å². The smallest absolute Gasteiger partial charge is 0.361 e. The summed E-state index contributed by atoms with van der Waals surface area (Å²) in [5, 5.41) is 20.1. The highest BCUT2D eigenvalue weighted by atomic mass is 35.5. The zero-order valence-corrected chi connectivity index (χ0v) is 28.3. The molecule has 3 aliphatic rings. The van der Waals surface area contributed by atoms with Crippen molar-refractivity contribution in [2.45, 2.75) is 76.3 Å². The molecule has 5 heterocycles. The van der Waals surface area contributed by atoms with Crippen LogP contribution in [-0.2, 0) is 26.2 Å². The van der Waals surface area contributed by atoms with Gasteiger partial charge < -0.3 is 39.4 Å². The standard InChI is InChI=1S/C35H36ClN5O8/c1-6-34(45,7-2)32(44)37-21-15-17-12-13-22-19(14-17)35(18-10-8-9-11-20(18)38-33(35)47-22)26-24(30-41-25(27(36)49-30)31(43)46-5)40-29(48-26)23(16(3)4)39-28(21)42/h8-14,16,21,23,33,38,45H,6-7,15H2,1-5H3,(H,37,44)(H,39,42)/t21-,23-,33?,35?/m0/s1. The number of ether oxygens (including phenoxy) is 2. The number of rotatable bonds is 7. The number of hydrogen-bond donors (Lipinski definition) is 4. The number of esters is 1. The lowest BCUT2D eigenvalue weighted by Crippen LogP contribution is -2.55. The molecule has 14 heteroatoms. The second kappa shape index (κ2) is 11.9. The molecule has 0 aliphatic carbocycles. The van der Waals surface area contributed by atoms with Crippen molar-refractivity contribution in [1.29, 1.82) is 0 Å². The van der Waals surface area contributed by atoms with E-state index < -0.39 is 47.1 Å². The molecule has 1 spiro atoms. The molecular formula is C35H36ClN5O8. The summed E-state index contributed by atoms with van der Waals surface area (Å²) < 4.78 is 24.0. The number of fused-ring (bicyclic) bond motifs is 4. The molecule has 4 N–H and O–H groups in total. The Kier molecular flexibility index (Phi) is 7.94. The molecule has 3 aliphatic heterocycles. The molecule has 2 aromatic carbocycles. The van der Waals surface area contributed by atoms with E-state index in [0.717, 1.165) is 16.8 Å². The Morgan fingerprint density at radius 3 is 2.59 bits per heavy atom. The number of aromatic nitrogens is 2. The van der Waals surface area contributed by atoms with E-state index in [2.05, 4.69) is 20.9 Å². The van der Waals surface area contributed by atoms with Crippen molar-refractivity contribution in [3.63, 3.8) is 0 Å². The second-order valence-corrected chi connectivity index (χ2v) is 13.2. The topological polar surface area (TPSA) is 178 Å². The Hall–Kier alpha value is -4.88. The number of oxazole rings is 2. The van der Waals surface area contributed by atoms with Crippen LogP contribution in [0, 0.1) is 5.92 Å². The van der Waals surface area contributed by atoms with Gasteiger partial charge in [-0.2, -0.15) is 4.98 Å². The number of aliphatic hydroxyl groups is 1. The molecule has 0 fully saturated rings. The summed E-state index contributed by atoms with van der Waals surface area (Å²) in [5.41, 5.74) is 0.193. The molecule has 7 rings (SSSR count). The molecule has 256 valence electrons. The molecule has 13 nitrogen and oxygen atoms in total. The molecule has 4 atom stereocenters. The molecule has 2 amide bonds. The number of methoxy groups -OCH3 is 1. The van der Waals surface area contributed by atoms with E-state index in [9.17, 15) is 19.5 Å². The fourth-order valence-electron chi connectivity index (χ4n) is 6.94. The number of carbonyl (C=O) groups is 3. The summed E-state index contributed by atoms with van der Waals surface area (Å²) in [5.74, 6) is -1.27. The van der Waals surface area contributed by atoms with Crippen molar-refractivity contribution in [3.05, 3.63) is 81.7 Å². The molecule has 0 radical (unpaired) electrons. The van der Waals surface area contributed by atoms with Crippen molar-refractivity contribution in [2.75, 3.05) is 12.4 Å². The van der Waals surface area contributed by atoms with E-state index >= 15 is 0 Å². The highest BCUT2D eigenvalue weighted by Crippen LogP contribution is 2.59.